The molecule has 38 heavy (non-hydrogen) atoms. The number of hydrogen-bond acceptors (Lipinski definition) is 11. The Morgan fingerprint density at radius 1 is 1.08 bits per heavy atom. The molecule has 0 bridgehead atoms. The van der Waals surface area contributed by atoms with E-state index in [4.69, 9.17) is 5.26 Å². The quantitative estimate of drug-likeness (QED) is 0.466. The highest BCUT2D eigenvalue weighted by Crippen LogP contribution is 2.37. The lowest BCUT2D eigenvalue weighted by Crippen LogP contribution is -2.48. The number of nitrogens with one attached hydrogen (secondary N) is 2. The van der Waals surface area contributed by atoms with Gasteiger partial charge in [0.1, 0.15) is 16.6 Å². The van der Waals surface area contributed by atoms with Crippen LogP contribution < -0.4 is 15.5 Å². The van der Waals surface area contributed by atoms with Gasteiger partial charge in [0.15, 0.2) is 21.7 Å². The molecule has 1 saturated heterocycles. The minimum atomic E-state index is -4.76. The summed E-state index contributed by atoms with van der Waals surface area (Å²) >= 11 is 0.610. The number of fused-ring (bicyclic) bond motifs is 1. The maximum Gasteiger partial charge on any atom is 0.435 e. The number of amides is 1. The molecular formula is C21H18F3N9O3S2. The topological polar surface area (TPSA) is 157 Å². The monoisotopic (exact) mass is 565 g/mol. The number of piperazine rings is 1. The standard InChI is InChI=1S/C21H18F3N9O3S2/c22-21(23,24)18-15(9-25)37-20(29-18)32-5-7-33(8-6-32)38(35,36)17-4-3-16(30-31-17)28-19(34)13-2-1-12-10-26-11-14(12)27-13/h1-4,26H,5-8,10-11H2,(H,28,30,34). The molecule has 12 nitrogen and oxygen atoms in total. The first-order chi connectivity index (χ1) is 18.1. The highest BCUT2D eigenvalue weighted by Gasteiger charge is 2.39. The Balaban J connectivity index is 1.22. The number of halogens is 3. The number of sulfonamides is 1. The number of rotatable bonds is 5. The van der Waals surface area contributed by atoms with Crippen LogP contribution in [0.25, 0.3) is 0 Å². The van der Waals surface area contributed by atoms with Crippen molar-refractivity contribution < 1.29 is 26.4 Å². The van der Waals surface area contributed by atoms with E-state index in [9.17, 15) is 26.4 Å². The van der Waals surface area contributed by atoms with Gasteiger partial charge < -0.3 is 15.5 Å². The van der Waals surface area contributed by atoms with E-state index in [0.717, 1.165) is 15.6 Å². The SMILES string of the molecule is N#Cc1sc(N2CCN(S(=O)(=O)c3ccc(NC(=O)c4ccc5c(n4)CNC5)nn3)CC2)nc1C(F)(F)F. The normalized spacial score (nSPS) is 16.2. The molecule has 5 heterocycles. The third-order valence-corrected chi connectivity index (χ3v) is 8.70. The van der Waals surface area contributed by atoms with E-state index in [2.05, 4.69) is 30.8 Å². The van der Waals surface area contributed by atoms with Gasteiger partial charge in [-0.25, -0.2) is 18.4 Å². The lowest BCUT2D eigenvalue weighted by molar-refractivity contribution is -0.140. The van der Waals surface area contributed by atoms with Crippen LogP contribution in [-0.4, -0.2) is 65.0 Å². The molecule has 3 aromatic heterocycles. The van der Waals surface area contributed by atoms with Crippen LogP contribution >= 0.6 is 11.3 Å². The molecule has 198 valence electrons. The number of pyridine rings is 1. The number of thiazole rings is 1. The van der Waals surface area contributed by atoms with Gasteiger partial charge in [-0.15, -0.1) is 10.2 Å². The summed E-state index contributed by atoms with van der Waals surface area (Å²) in [6.45, 7) is 1.32. The van der Waals surface area contributed by atoms with Gasteiger partial charge in [0, 0.05) is 39.3 Å². The van der Waals surface area contributed by atoms with Crippen molar-refractivity contribution in [3.63, 3.8) is 0 Å². The van der Waals surface area contributed by atoms with Gasteiger partial charge in [0.2, 0.25) is 0 Å². The molecule has 5 rings (SSSR count). The number of aromatic nitrogens is 4. The molecule has 2 N–H and O–H groups in total. The van der Waals surface area contributed by atoms with Crippen molar-refractivity contribution in [2.24, 2.45) is 0 Å². The zero-order chi connectivity index (χ0) is 27.1. The maximum absolute atomic E-state index is 13.1. The zero-order valence-corrected chi connectivity index (χ0v) is 21.0. The number of anilines is 2. The molecule has 0 spiro atoms. The van der Waals surface area contributed by atoms with Gasteiger partial charge >= 0.3 is 6.18 Å². The van der Waals surface area contributed by atoms with Gasteiger partial charge in [-0.05, 0) is 23.8 Å². The number of hydrogen-bond donors (Lipinski definition) is 2. The van der Waals surface area contributed by atoms with Crippen LogP contribution in [0.2, 0.25) is 0 Å². The van der Waals surface area contributed by atoms with E-state index in [1.165, 1.54) is 23.1 Å². The third kappa shape index (κ3) is 5.03. The summed E-state index contributed by atoms with van der Waals surface area (Å²) in [4.78, 5) is 21.3. The average Bonchev–Trinajstić information content (AvgIpc) is 3.56. The Morgan fingerprint density at radius 2 is 1.84 bits per heavy atom. The maximum atomic E-state index is 13.1. The molecule has 0 saturated carbocycles. The zero-order valence-electron chi connectivity index (χ0n) is 19.4. The highest BCUT2D eigenvalue weighted by molar-refractivity contribution is 7.89. The van der Waals surface area contributed by atoms with Gasteiger partial charge in [-0.3, -0.25) is 4.79 Å². The largest absolute Gasteiger partial charge is 0.435 e. The van der Waals surface area contributed by atoms with Crippen molar-refractivity contribution >= 4 is 38.2 Å². The predicted molar refractivity (Wildman–Crippen MR) is 128 cm³/mol. The fourth-order valence-corrected chi connectivity index (χ4v) is 6.18. The van der Waals surface area contributed by atoms with Gasteiger partial charge in [-0.1, -0.05) is 17.4 Å². The Kier molecular flexibility index (Phi) is 6.73. The van der Waals surface area contributed by atoms with E-state index in [1.807, 2.05) is 6.07 Å². The summed E-state index contributed by atoms with van der Waals surface area (Å²) in [5.74, 6) is -0.479. The molecule has 0 radical (unpaired) electrons. The third-order valence-electron chi connectivity index (χ3n) is 5.89. The molecule has 1 amide bonds. The van der Waals surface area contributed by atoms with Crippen molar-refractivity contribution in [2.75, 3.05) is 36.4 Å². The second-order valence-corrected chi connectivity index (χ2v) is 11.2. The first-order valence-electron chi connectivity index (χ1n) is 11.1. The minimum absolute atomic E-state index is 0.0000621. The summed E-state index contributed by atoms with van der Waals surface area (Å²) in [5, 5.41) is 21.9. The number of carbonyl (C=O) groups is 1. The Labute approximate surface area is 218 Å². The molecule has 1 fully saturated rings. The van der Waals surface area contributed by atoms with Crippen LogP contribution in [-0.2, 0) is 29.3 Å². The number of carbonyl (C=O) groups excluding carboxylic acids is 1. The van der Waals surface area contributed by atoms with Crippen LogP contribution in [0.15, 0.2) is 29.3 Å². The van der Waals surface area contributed by atoms with Crippen molar-refractivity contribution in [3.05, 3.63) is 51.8 Å². The van der Waals surface area contributed by atoms with E-state index >= 15 is 0 Å². The van der Waals surface area contributed by atoms with Crippen LogP contribution in [0.5, 0.6) is 0 Å². The average molecular weight is 566 g/mol. The molecule has 2 aliphatic heterocycles. The van der Waals surface area contributed by atoms with E-state index < -0.39 is 32.7 Å². The first kappa shape index (κ1) is 25.9. The van der Waals surface area contributed by atoms with Gasteiger partial charge in [0.25, 0.3) is 15.9 Å². The van der Waals surface area contributed by atoms with Gasteiger partial charge in [-0.2, -0.15) is 22.7 Å². The minimum Gasteiger partial charge on any atom is -0.345 e. The number of nitrogens with zero attached hydrogens (tertiary/aromatic N) is 7. The van der Waals surface area contributed by atoms with E-state index in [0.29, 0.717) is 24.4 Å². The summed E-state index contributed by atoms with van der Waals surface area (Å²) in [6, 6.07) is 7.42. The second-order valence-electron chi connectivity index (χ2n) is 8.29. The summed E-state index contributed by atoms with van der Waals surface area (Å²) in [6.07, 6.45) is -4.76. The molecule has 2 aliphatic rings. The van der Waals surface area contributed by atoms with Crippen molar-refractivity contribution in [1.29, 1.82) is 5.26 Å². The van der Waals surface area contributed by atoms with E-state index in [1.54, 1.807) is 6.07 Å². The van der Waals surface area contributed by atoms with Crippen molar-refractivity contribution in [3.8, 4) is 6.07 Å². The predicted octanol–water partition coefficient (Wildman–Crippen LogP) is 1.58. The molecule has 17 heteroatoms. The van der Waals surface area contributed by atoms with Gasteiger partial charge in [0.05, 0.1) is 5.69 Å². The molecule has 0 atom stereocenters. The molecule has 0 aliphatic carbocycles. The first-order valence-corrected chi connectivity index (χ1v) is 13.4. The van der Waals surface area contributed by atoms with Crippen molar-refractivity contribution in [2.45, 2.75) is 24.3 Å². The van der Waals surface area contributed by atoms with Crippen LogP contribution in [0.3, 0.4) is 0 Å². The summed E-state index contributed by atoms with van der Waals surface area (Å²) in [5.41, 5.74) is 0.738. The summed E-state index contributed by atoms with van der Waals surface area (Å²) in [7, 11) is -4.05. The Bertz CT molecular complexity index is 1530. The Hall–Kier alpha value is -3.72. The second kappa shape index (κ2) is 9.87. The molecule has 0 aromatic carbocycles. The molecule has 0 unspecified atom stereocenters. The van der Waals surface area contributed by atoms with Crippen LogP contribution in [0.4, 0.5) is 24.1 Å². The fourth-order valence-electron chi connectivity index (χ4n) is 3.95. The van der Waals surface area contributed by atoms with E-state index in [-0.39, 0.29) is 47.8 Å². The van der Waals surface area contributed by atoms with Crippen LogP contribution in [0, 0.1) is 11.3 Å². The number of alkyl halides is 3. The Morgan fingerprint density at radius 3 is 2.47 bits per heavy atom. The fraction of sp³-hybridized carbons (Fsp3) is 0.333. The highest BCUT2D eigenvalue weighted by atomic mass is 32.2. The molecular weight excluding hydrogens is 547 g/mol. The lowest BCUT2D eigenvalue weighted by atomic mass is 10.2. The lowest BCUT2D eigenvalue weighted by Gasteiger charge is -2.33. The van der Waals surface area contributed by atoms with Crippen molar-refractivity contribution in [1.82, 2.24) is 29.8 Å². The molecule has 3 aromatic rings. The summed E-state index contributed by atoms with van der Waals surface area (Å²) < 4.78 is 66.5. The van der Waals surface area contributed by atoms with Crippen LogP contribution in [0.1, 0.15) is 32.3 Å². The smallest absolute Gasteiger partial charge is 0.345 e. The number of nitriles is 1.